The van der Waals surface area contributed by atoms with Crippen LogP contribution >= 0.6 is 34.4 Å². The first-order valence-electron chi connectivity index (χ1n) is 7.68. The minimum absolute atomic E-state index is 0.0213. The summed E-state index contributed by atoms with van der Waals surface area (Å²) in [4.78, 5) is 26.9. The van der Waals surface area contributed by atoms with E-state index in [1.807, 2.05) is 12.3 Å². The Kier molecular flexibility index (Phi) is 4.03. The molecule has 1 aliphatic rings. The zero-order valence-electron chi connectivity index (χ0n) is 13.0. The molecule has 23 heavy (non-hydrogen) atoms. The van der Waals surface area contributed by atoms with Crippen LogP contribution in [-0.4, -0.2) is 15.0 Å². The van der Waals surface area contributed by atoms with Gasteiger partial charge in [0.25, 0.3) is 5.56 Å². The number of H-pyrrole nitrogens is 1. The summed E-state index contributed by atoms with van der Waals surface area (Å²) < 4.78 is 1.02. The van der Waals surface area contributed by atoms with Crippen molar-refractivity contribution in [2.45, 2.75) is 43.2 Å². The summed E-state index contributed by atoms with van der Waals surface area (Å²) >= 11 is 4.96. The van der Waals surface area contributed by atoms with Gasteiger partial charge in [0.2, 0.25) is 0 Å². The van der Waals surface area contributed by atoms with E-state index in [9.17, 15) is 4.79 Å². The Hall–Kier alpha value is -1.18. The Morgan fingerprint density at radius 3 is 3.09 bits per heavy atom. The predicted octanol–water partition coefficient (Wildman–Crippen LogP) is 4.17. The molecule has 3 aromatic heterocycles. The number of nitrogens with one attached hydrogen (secondary N) is 1. The fraction of sp³-hybridized carbons (Fsp3) is 0.438. The number of hydrogen-bond donors (Lipinski definition) is 1. The van der Waals surface area contributed by atoms with Crippen molar-refractivity contribution in [3.63, 3.8) is 0 Å². The van der Waals surface area contributed by atoms with Gasteiger partial charge in [0.15, 0.2) is 4.34 Å². The van der Waals surface area contributed by atoms with Crippen molar-refractivity contribution in [2.75, 3.05) is 0 Å². The molecule has 0 radical (unpaired) electrons. The zero-order valence-corrected chi connectivity index (χ0v) is 15.5. The highest BCUT2D eigenvalue weighted by Crippen LogP contribution is 2.36. The number of aryl methyl sites for hydroxylation is 2. The summed E-state index contributed by atoms with van der Waals surface area (Å²) in [5.74, 6) is 2.10. The lowest BCUT2D eigenvalue weighted by molar-refractivity contribution is 0.509. The number of hydrogen-bond acceptors (Lipinski definition) is 6. The Morgan fingerprint density at radius 2 is 2.30 bits per heavy atom. The topological polar surface area (TPSA) is 58.6 Å². The van der Waals surface area contributed by atoms with Gasteiger partial charge in [-0.2, -0.15) is 0 Å². The molecule has 1 aliphatic carbocycles. The van der Waals surface area contributed by atoms with Crippen molar-refractivity contribution in [2.24, 2.45) is 5.92 Å². The van der Waals surface area contributed by atoms with Crippen LogP contribution in [0.4, 0.5) is 0 Å². The van der Waals surface area contributed by atoms with Gasteiger partial charge in [-0.1, -0.05) is 18.7 Å². The smallest absolute Gasteiger partial charge is 0.259 e. The first-order chi connectivity index (χ1) is 11.1. The molecule has 3 aromatic rings. The fourth-order valence-electron chi connectivity index (χ4n) is 2.99. The number of rotatable bonds is 3. The summed E-state index contributed by atoms with van der Waals surface area (Å²) in [6.07, 6.45) is 3.26. The Balaban J connectivity index is 1.66. The van der Waals surface area contributed by atoms with Crippen LogP contribution in [0, 0.1) is 12.8 Å². The van der Waals surface area contributed by atoms with Gasteiger partial charge in [-0.3, -0.25) is 4.79 Å². The van der Waals surface area contributed by atoms with Crippen molar-refractivity contribution in [3.05, 3.63) is 37.7 Å². The number of aromatic nitrogens is 3. The van der Waals surface area contributed by atoms with Crippen LogP contribution in [0.2, 0.25) is 0 Å². The van der Waals surface area contributed by atoms with E-state index in [2.05, 4.69) is 16.9 Å². The number of thioether (sulfide) groups is 1. The van der Waals surface area contributed by atoms with E-state index >= 15 is 0 Å². The fourth-order valence-corrected chi connectivity index (χ4v) is 6.11. The second-order valence-corrected chi connectivity index (χ2v) is 9.25. The van der Waals surface area contributed by atoms with E-state index in [-0.39, 0.29) is 5.56 Å². The Morgan fingerprint density at radius 1 is 1.43 bits per heavy atom. The van der Waals surface area contributed by atoms with Crippen LogP contribution < -0.4 is 5.56 Å². The van der Waals surface area contributed by atoms with Crippen LogP contribution in [0.3, 0.4) is 0 Å². The van der Waals surface area contributed by atoms with Gasteiger partial charge in [0, 0.05) is 16.0 Å². The maximum Gasteiger partial charge on any atom is 0.259 e. The molecule has 0 unspecified atom stereocenters. The van der Waals surface area contributed by atoms with Crippen LogP contribution in [0.15, 0.2) is 14.5 Å². The molecular formula is C16H17N3OS3. The van der Waals surface area contributed by atoms with E-state index in [0.717, 1.165) is 38.9 Å². The number of fused-ring (bicyclic) bond motifs is 3. The van der Waals surface area contributed by atoms with E-state index in [1.165, 1.54) is 16.9 Å². The SMILES string of the molecule is Cc1csc(SCc2nc3sc4c(c3c(=O)[nH]2)CC[C@@H](C)C4)n1. The maximum absolute atomic E-state index is 12.5. The molecule has 0 saturated carbocycles. The third-order valence-electron chi connectivity index (χ3n) is 4.14. The highest BCUT2D eigenvalue weighted by molar-refractivity contribution is 8.00. The van der Waals surface area contributed by atoms with Gasteiger partial charge in [0.1, 0.15) is 10.7 Å². The van der Waals surface area contributed by atoms with E-state index in [1.54, 1.807) is 34.4 Å². The molecule has 3 heterocycles. The van der Waals surface area contributed by atoms with Gasteiger partial charge < -0.3 is 4.98 Å². The minimum Gasteiger partial charge on any atom is -0.309 e. The lowest BCUT2D eigenvalue weighted by atomic mass is 9.89. The summed E-state index contributed by atoms with van der Waals surface area (Å²) in [5, 5.41) is 2.87. The average molecular weight is 364 g/mol. The van der Waals surface area contributed by atoms with Crippen LogP contribution in [0.5, 0.6) is 0 Å². The molecule has 1 N–H and O–H groups in total. The molecule has 0 aromatic carbocycles. The van der Waals surface area contributed by atoms with Crippen molar-refractivity contribution in [3.8, 4) is 0 Å². The first kappa shape index (κ1) is 15.4. The molecule has 0 spiro atoms. The summed E-state index contributed by atoms with van der Waals surface area (Å²) in [7, 11) is 0. The van der Waals surface area contributed by atoms with Crippen molar-refractivity contribution < 1.29 is 0 Å². The van der Waals surface area contributed by atoms with Gasteiger partial charge in [-0.25, -0.2) is 9.97 Å². The molecule has 0 bridgehead atoms. The Bertz CT molecular complexity index is 924. The molecule has 4 nitrogen and oxygen atoms in total. The van der Waals surface area contributed by atoms with Gasteiger partial charge in [0.05, 0.1) is 11.1 Å². The molecular weight excluding hydrogens is 346 g/mol. The second-order valence-electron chi connectivity index (χ2n) is 6.09. The van der Waals surface area contributed by atoms with E-state index in [0.29, 0.717) is 11.7 Å². The van der Waals surface area contributed by atoms with Crippen molar-refractivity contribution in [1.82, 2.24) is 15.0 Å². The number of thiophene rings is 1. The highest BCUT2D eigenvalue weighted by atomic mass is 32.2. The average Bonchev–Trinajstić information content (AvgIpc) is 3.07. The standard InChI is InChI=1S/C16H17N3OS3/c1-8-3-4-10-11(5-8)23-15-13(10)14(20)18-12(19-15)7-22-16-17-9(2)6-21-16/h6,8H,3-5,7H2,1-2H3,(H,18,19,20)/t8-/m1/s1. The van der Waals surface area contributed by atoms with E-state index < -0.39 is 0 Å². The maximum atomic E-state index is 12.5. The van der Waals surface area contributed by atoms with Crippen LogP contribution in [0.25, 0.3) is 10.2 Å². The number of aromatic amines is 1. The van der Waals surface area contributed by atoms with Crippen molar-refractivity contribution in [1.29, 1.82) is 0 Å². The van der Waals surface area contributed by atoms with Crippen LogP contribution in [-0.2, 0) is 18.6 Å². The number of nitrogens with zero attached hydrogens (tertiary/aromatic N) is 2. The van der Waals surface area contributed by atoms with Crippen LogP contribution in [0.1, 0.15) is 35.3 Å². The quantitative estimate of drug-likeness (QED) is 0.710. The highest BCUT2D eigenvalue weighted by Gasteiger charge is 2.23. The van der Waals surface area contributed by atoms with E-state index in [4.69, 9.17) is 4.98 Å². The van der Waals surface area contributed by atoms with Gasteiger partial charge >= 0.3 is 0 Å². The summed E-state index contributed by atoms with van der Waals surface area (Å²) in [6, 6.07) is 0. The largest absolute Gasteiger partial charge is 0.309 e. The lowest BCUT2D eigenvalue weighted by Gasteiger charge is -2.17. The molecule has 0 amide bonds. The minimum atomic E-state index is 0.0213. The van der Waals surface area contributed by atoms with Crippen molar-refractivity contribution >= 4 is 44.7 Å². The van der Waals surface area contributed by atoms with Gasteiger partial charge in [-0.05, 0) is 37.7 Å². The van der Waals surface area contributed by atoms with Gasteiger partial charge in [-0.15, -0.1) is 22.7 Å². The Labute approximate surface area is 146 Å². The number of thiazole rings is 1. The first-order valence-corrected chi connectivity index (χ1v) is 10.4. The molecule has 120 valence electrons. The molecule has 1 atom stereocenters. The predicted molar refractivity (Wildman–Crippen MR) is 97.8 cm³/mol. The lowest BCUT2D eigenvalue weighted by Crippen LogP contribution is -2.14. The zero-order chi connectivity index (χ0) is 16.0. The third-order valence-corrected chi connectivity index (χ3v) is 7.44. The molecule has 0 saturated heterocycles. The normalized spacial score (nSPS) is 17.6. The summed E-state index contributed by atoms with van der Waals surface area (Å²) in [5.41, 5.74) is 2.30. The monoisotopic (exact) mass is 363 g/mol. The summed E-state index contributed by atoms with van der Waals surface area (Å²) in [6.45, 7) is 4.27. The molecule has 4 rings (SSSR count). The molecule has 7 heteroatoms. The third kappa shape index (κ3) is 2.97. The molecule has 0 fully saturated rings. The molecule has 0 aliphatic heterocycles. The second kappa shape index (κ2) is 6.03.